The van der Waals surface area contributed by atoms with E-state index in [9.17, 15) is 5.26 Å². The fourth-order valence-corrected chi connectivity index (χ4v) is 7.26. The summed E-state index contributed by atoms with van der Waals surface area (Å²) in [6.07, 6.45) is 0. The lowest BCUT2D eigenvalue weighted by molar-refractivity contribution is 1.18. The van der Waals surface area contributed by atoms with Gasteiger partial charge in [-0.1, -0.05) is 103 Å². The van der Waals surface area contributed by atoms with Crippen LogP contribution in [-0.4, -0.2) is 9.13 Å². The molecule has 0 aliphatic heterocycles. The molecule has 0 spiro atoms. The Bertz CT molecular complexity index is 2760. The van der Waals surface area contributed by atoms with Crippen molar-refractivity contribution >= 4 is 49.3 Å². The number of nitrogens with zero attached hydrogens (tertiary/aromatic N) is 4. The molecule has 0 bridgehead atoms. The van der Waals surface area contributed by atoms with Gasteiger partial charge in [0.05, 0.1) is 46.0 Å². The summed E-state index contributed by atoms with van der Waals surface area (Å²) in [5.41, 5.74) is 11.7. The predicted octanol–water partition coefficient (Wildman–Crippen LogP) is 11.6. The lowest BCUT2D eigenvalue weighted by atomic mass is 9.97. The molecule has 9 rings (SSSR count). The standard InChI is InChI=1S/C44H26N4/c1-46-39-19-10-18-34(44(39)48-41-21-6-2-15-35(41)36-16-3-7-22-42(36)48)32-13-8-11-30(26-32)31-12-9-14-33(27-31)47-40-20-5-4-17-37(40)38-25-29(28-45)23-24-43(38)47/h2-27H. The maximum atomic E-state index is 9.58. The van der Waals surface area contributed by atoms with Crippen LogP contribution in [0.25, 0.3) is 82.1 Å². The van der Waals surface area contributed by atoms with Crippen LogP contribution in [0.2, 0.25) is 0 Å². The third kappa shape index (κ3) is 4.14. The minimum Gasteiger partial charge on any atom is -0.318 e. The fourth-order valence-electron chi connectivity index (χ4n) is 7.26. The molecule has 0 saturated heterocycles. The van der Waals surface area contributed by atoms with E-state index in [0.29, 0.717) is 11.3 Å². The van der Waals surface area contributed by atoms with Crippen molar-refractivity contribution < 1.29 is 0 Å². The van der Waals surface area contributed by atoms with E-state index < -0.39 is 0 Å². The number of para-hydroxylation sites is 4. The average Bonchev–Trinajstić information content (AvgIpc) is 3.67. The minimum atomic E-state index is 0.609. The molecule has 0 atom stereocenters. The smallest absolute Gasteiger partial charge is 0.211 e. The molecule has 4 nitrogen and oxygen atoms in total. The van der Waals surface area contributed by atoms with Crippen LogP contribution in [0.5, 0.6) is 0 Å². The number of aromatic nitrogens is 2. The molecule has 0 saturated carbocycles. The van der Waals surface area contributed by atoms with Crippen molar-refractivity contribution in [2.45, 2.75) is 0 Å². The highest BCUT2D eigenvalue weighted by Crippen LogP contribution is 2.42. The van der Waals surface area contributed by atoms with E-state index in [0.717, 1.165) is 66.5 Å². The summed E-state index contributed by atoms with van der Waals surface area (Å²) in [5.74, 6) is 0. The quantitative estimate of drug-likeness (QED) is 0.183. The van der Waals surface area contributed by atoms with Crippen molar-refractivity contribution in [2.75, 3.05) is 0 Å². The first-order valence-electron chi connectivity index (χ1n) is 15.9. The predicted molar refractivity (Wildman–Crippen MR) is 197 cm³/mol. The van der Waals surface area contributed by atoms with Crippen LogP contribution < -0.4 is 0 Å². The molecule has 0 aliphatic carbocycles. The summed E-state index contributed by atoms with van der Waals surface area (Å²) < 4.78 is 4.53. The van der Waals surface area contributed by atoms with E-state index in [2.05, 4.69) is 141 Å². The van der Waals surface area contributed by atoms with Gasteiger partial charge < -0.3 is 9.13 Å². The summed E-state index contributed by atoms with van der Waals surface area (Å²) >= 11 is 0. The Morgan fingerprint density at radius 3 is 1.73 bits per heavy atom. The van der Waals surface area contributed by atoms with Crippen LogP contribution in [0.1, 0.15) is 5.56 Å². The first-order valence-corrected chi connectivity index (χ1v) is 15.9. The highest BCUT2D eigenvalue weighted by Gasteiger charge is 2.19. The molecule has 4 heteroatoms. The van der Waals surface area contributed by atoms with E-state index in [-0.39, 0.29) is 0 Å². The molecule has 0 amide bonds. The van der Waals surface area contributed by atoms with Gasteiger partial charge in [-0.2, -0.15) is 5.26 Å². The van der Waals surface area contributed by atoms with Crippen molar-refractivity contribution in [1.29, 1.82) is 5.26 Å². The van der Waals surface area contributed by atoms with E-state index in [1.54, 1.807) is 0 Å². The van der Waals surface area contributed by atoms with Crippen LogP contribution in [0, 0.1) is 17.9 Å². The third-order valence-corrected chi connectivity index (χ3v) is 9.35. The first kappa shape index (κ1) is 27.4. The Morgan fingerprint density at radius 2 is 1.04 bits per heavy atom. The van der Waals surface area contributed by atoms with Gasteiger partial charge >= 0.3 is 0 Å². The highest BCUT2D eigenvalue weighted by molar-refractivity contribution is 6.11. The van der Waals surface area contributed by atoms with Crippen molar-refractivity contribution in [3.05, 3.63) is 175 Å². The molecule has 0 fully saturated rings. The Balaban J connectivity index is 1.22. The lowest BCUT2D eigenvalue weighted by Crippen LogP contribution is -1.98. The molecular formula is C44H26N4. The van der Waals surface area contributed by atoms with Gasteiger partial charge in [-0.3, -0.25) is 0 Å². The van der Waals surface area contributed by atoms with Crippen molar-refractivity contribution in [1.82, 2.24) is 9.13 Å². The molecule has 0 unspecified atom stereocenters. The summed E-state index contributed by atoms with van der Waals surface area (Å²) in [5, 5.41) is 14.1. The first-order chi connectivity index (χ1) is 23.7. The molecule has 0 N–H and O–H groups in total. The maximum absolute atomic E-state index is 9.58. The van der Waals surface area contributed by atoms with E-state index in [1.165, 1.54) is 10.8 Å². The summed E-state index contributed by atoms with van der Waals surface area (Å²) in [4.78, 5) is 4.02. The molecular weight excluding hydrogens is 585 g/mol. The van der Waals surface area contributed by atoms with Gasteiger partial charge in [0.15, 0.2) is 0 Å². The summed E-state index contributed by atoms with van der Waals surface area (Å²) in [7, 11) is 0. The zero-order chi connectivity index (χ0) is 32.2. The van der Waals surface area contributed by atoms with Crippen molar-refractivity contribution in [3.8, 4) is 39.7 Å². The summed E-state index contributed by atoms with van der Waals surface area (Å²) in [6, 6.07) is 56.6. The van der Waals surface area contributed by atoms with Gasteiger partial charge in [-0.15, -0.1) is 0 Å². The van der Waals surface area contributed by atoms with Crippen LogP contribution in [0.15, 0.2) is 158 Å². The van der Waals surface area contributed by atoms with Gasteiger partial charge in [0.25, 0.3) is 0 Å². The molecule has 0 aliphatic rings. The van der Waals surface area contributed by atoms with Crippen LogP contribution >= 0.6 is 0 Å². The van der Waals surface area contributed by atoms with E-state index in [4.69, 9.17) is 6.57 Å². The van der Waals surface area contributed by atoms with Crippen LogP contribution in [0.4, 0.5) is 5.69 Å². The lowest BCUT2D eigenvalue weighted by Gasteiger charge is -2.17. The van der Waals surface area contributed by atoms with Gasteiger partial charge in [0, 0.05) is 27.2 Å². The third-order valence-electron chi connectivity index (χ3n) is 9.35. The number of nitriles is 1. The number of fused-ring (bicyclic) bond motifs is 6. The largest absolute Gasteiger partial charge is 0.318 e. The second-order valence-electron chi connectivity index (χ2n) is 12.0. The molecule has 2 heterocycles. The maximum Gasteiger partial charge on any atom is 0.211 e. The van der Waals surface area contributed by atoms with Crippen LogP contribution in [-0.2, 0) is 0 Å². The minimum absolute atomic E-state index is 0.609. The Kier molecular flexibility index (Phi) is 6.22. The molecule has 48 heavy (non-hydrogen) atoms. The van der Waals surface area contributed by atoms with Gasteiger partial charge in [0.1, 0.15) is 0 Å². The van der Waals surface area contributed by atoms with Crippen molar-refractivity contribution in [3.63, 3.8) is 0 Å². The zero-order valence-electron chi connectivity index (χ0n) is 25.8. The molecule has 2 aromatic heterocycles. The summed E-state index contributed by atoms with van der Waals surface area (Å²) in [6.45, 7) is 8.16. The van der Waals surface area contributed by atoms with Gasteiger partial charge in [0.2, 0.25) is 5.69 Å². The number of benzene rings is 7. The second kappa shape index (κ2) is 10.9. The van der Waals surface area contributed by atoms with E-state index >= 15 is 0 Å². The second-order valence-corrected chi connectivity index (χ2v) is 12.0. The normalized spacial score (nSPS) is 11.3. The molecule has 9 aromatic rings. The average molecular weight is 611 g/mol. The fraction of sp³-hybridized carbons (Fsp3) is 0. The zero-order valence-corrected chi connectivity index (χ0v) is 25.8. The Morgan fingerprint density at radius 1 is 0.479 bits per heavy atom. The number of hydrogen-bond acceptors (Lipinski definition) is 1. The van der Waals surface area contributed by atoms with Gasteiger partial charge in [-0.25, -0.2) is 4.85 Å². The Labute approximate surface area is 277 Å². The molecule has 0 radical (unpaired) electrons. The Hall–Kier alpha value is -6.88. The van der Waals surface area contributed by atoms with E-state index in [1.807, 2.05) is 36.4 Å². The molecule has 7 aromatic carbocycles. The topological polar surface area (TPSA) is 38.0 Å². The van der Waals surface area contributed by atoms with Crippen molar-refractivity contribution in [2.24, 2.45) is 0 Å². The SMILES string of the molecule is [C-]#[N+]c1cccc(-c2cccc(-c3cccc(-n4c5ccccc5c5cc(C#N)ccc54)c3)c2)c1-n1c2ccccc2c2ccccc21. The van der Waals surface area contributed by atoms with Gasteiger partial charge in [-0.05, 0) is 76.9 Å². The molecule has 222 valence electrons. The number of hydrogen-bond donors (Lipinski definition) is 0. The highest BCUT2D eigenvalue weighted by atomic mass is 15.0. The monoisotopic (exact) mass is 610 g/mol. The number of rotatable bonds is 4. The van der Waals surface area contributed by atoms with Crippen LogP contribution in [0.3, 0.4) is 0 Å².